The third-order valence-corrected chi connectivity index (χ3v) is 9.18. The van der Waals surface area contributed by atoms with Crippen molar-refractivity contribution in [2.24, 2.45) is 0 Å². The number of thioether (sulfide) groups is 1. The summed E-state index contributed by atoms with van der Waals surface area (Å²) in [4.78, 5) is 1.01. The van der Waals surface area contributed by atoms with Crippen molar-refractivity contribution >= 4 is 57.9 Å². The van der Waals surface area contributed by atoms with Crippen LogP contribution in [0.4, 0.5) is 0 Å². The highest BCUT2D eigenvalue weighted by molar-refractivity contribution is 7.98. The smallest absolute Gasteiger partial charge is 0.169 e. The molecule has 0 aliphatic heterocycles. The highest BCUT2D eigenvalue weighted by Gasteiger charge is 2.49. The molecule has 0 saturated heterocycles. The summed E-state index contributed by atoms with van der Waals surface area (Å²) >= 11 is 22.2. The van der Waals surface area contributed by atoms with Gasteiger partial charge in [-0.15, -0.1) is 22.0 Å². The molecule has 1 saturated carbocycles. The molecule has 5 aromatic rings. The van der Waals surface area contributed by atoms with E-state index in [2.05, 4.69) is 28.6 Å². The van der Waals surface area contributed by atoms with Crippen molar-refractivity contribution in [2.45, 2.75) is 23.2 Å². The number of halogens is 3. The lowest BCUT2D eigenvalue weighted by atomic mass is 9.97. The summed E-state index contributed by atoms with van der Waals surface area (Å²) in [5.41, 5.74) is 4.66. The summed E-state index contributed by atoms with van der Waals surface area (Å²) in [5.74, 6) is 0. The fourth-order valence-corrected chi connectivity index (χ4v) is 6.79. The van der Waals surface area contributed by atoms with Crippen molar-refractivity contribution in [3.8, 4) is 27.6 Å². The van der Waals surface area contributed by atoms with Crippen LogP contribution in [-0.4, -0.2) is 26.2 Å². The fourth-order valence-electron chi connectivity index (χ4n) is 4.43. The van der Waals surface area contributed by atoms with Crippen molar-refractivity contribution in [1.29, 1.82) is 0 Å². The van der Waals surface area contributed by atoms with Gasteiger partial charge in [0.15, 0.2) is 5.01 Å². The first-order valence-electron chi connectivity index (χ1n) is 11.3. The number of nitrogens with zero attached hydrogens (tertiary/aromatic N) is 4. The molecule has 0 N–H and O–H groups in total. The van der Waals surface area contributed by atoms with Gasteiger partial charge in [-0.25, -0.2) is 4.68 Å². The van der Waals surface area contributed by atoms with Crippen LogP contribution in [0.3, 0.4) is 0 Å². The molecule has 0 amide bonds. The molecule has 0 unspecified atom stereocenters. The minimum absolute atomic E-state index is 0.0929. The van der Waals surface area contributed by atoms with E-state index in [0.717, 1.165) is 55.4 Å². The minimum Gasteiger partial charge on any atom is -0.230 e. The van der Waals surface area contributed by atoms with Crippen LogP contribution in [0.25, 0.3) is 27.6 Å². The lowest BCUT2D eigenvalue weighted by Crippen LogP contribution is -2.07. The third-order valence-electron chi connectivity index (χ3n) is 6.43. The lowest BCUT2D eigenvalue weighted by molar-refractivity contribution is 0.806. The zero-order valence-corrected chi connectivity index (χ0v) is 23.0. The van der Waals surface area contributed by atoms with Gasteiger partial charge in [-0.2, -0.15) is 5.10 Å². The predicted molar refractivity (Wildman–Crippen MR) is 151 cm³/mol. The number of hydrogen-bond donors (Lipinski definition) is 0. The van der Waals surface area contributed by atoms with Gasteiger partial charge in [0.2, 0.25) is 0 Å². The quantitative estimate of drug-likeness (QED) is 0.192. The number of para-hydroxylation sites is 1. The summed E-state index contributed by atoms with van der Waals surface area (Å²) in [5, 5.41) is 18.1. The van der Waals surface area contributed by atoms with E-state index >= 15 is 0 Å². The number of rotatable bonds is 6. The van der Waals surface area contributed by atoms with E-state index in [1.54, 1.807) is 23.1 Å². The third kappa shape index (κ3) is 4.15. The van der Waals surface area contributed by atoms with E-state index in [1.807, 2.05) is 65.3 Å². The van der Waals surface area contributed by atoms with Crippen molar-refractivity contribution in [3.63, 3.8) is 0 Å². The minimum atomic E-state index is -0.0929. The van der Waals surface area contributed by atoms with Crippen LogP contribution in [0.1, 0.15) is 23.4 Å². The summed E-state index contributed by atoms with van der Waals surface area (Å²) in [7, 11) is 0. The molecule has 36 heavy (non-hydrogen) atoms. The maximum atomic E-state index is 6.62. The molecule has 4 nitrogen and oxygen atoms in total. The van der Waals surface area contributed by atoms with Crippen LogP contribution in [-0.2, 0) is 5.41 Å². The lowest BCUT2D eigenvalue weighted by Gasteiger charge is -2.11. The van der Waals surface area contributed by atoms with Gasteiger partial charge in [-0.05, 0) is 61.1 Å². The second-order valence-corrected chi connectivity index (χ2v) is 11.7. The SMILES string of the molecule is CSc1c(-c2nnc(C3(c4ccc(Cl)cc4)CC3)s2)nn(-c2ccccc2Cl)c1-c1ccc(Cl)cc1. The Hall–Kier alpha value is -2.35. The van der Waals surface area contributed by atoms with Gasteiger partial charge in [0.25, 0.3) is 0 Å². The van der Waals surface area contributed by atoms with Gasteiger partial charge in [0.1, 0.15) is 10.7 Å². The molecule has 0 spiro atoms. The second kappa shape index (κ2) is 9.51. The molecule has 0 bridgehead atoms. The molecule has 2 heterocycles. The van der Waals surface area contributed by atoms with Gasteiger partial charge in [-0.3, -0.25) is 0 Å². The first-order valence-corrected chi connectivity index (χ1v) is 14.5. The van der Waals surface area contributed by atoms with Crippen LogP contribution >= 0.6 is 57.9 Å². The van der Waals surface area contributed by atoms with Crippen molar-refractivity contribution in [3.05, 3.63) is 98.4 Å². The summed E-state index contributed by atoms with van der Waals surface area (Å²) < 4.78 is 1.90. The van der Waals surface area contributed by atoms with Crippen LogP contribution in [0, 0.1) is 0 Å². The van der Waals surface area contributed by atoms with E-state index in [9.17, 15) is 0 Å². The highest BCUT2D eigenvalue weighted by atomic mass is 35.5. The van der Waals surface area contributed by atoms with E-state index < -0.39 is 0 Å². The maximum absolute atomic E-state index is 6.62. The standard InChI is InChI=1S/C27H19Cl3N4S2/c1-35-24-22(25-31-32-26(36-25)27(14-15-27)17-8-12-19(29)13-9-17)33-34(21-5-3-2-4-20(21)30)23(24)16-6-10-18(28)11-7-16/h2-13H,14-15H2,1H3. The largest absolute Gasteiger partial charge is 0.230 e. The molecule has 1 fully saturated rings. The van der Waals surface area contributed by atoms with Gasteiger partial charge >= 0.3 is 0 Å². The van der Waals surface area contributed by atoms with Gasteiger partial charge in [-0.1, -0.05) is 82.5 Å². The van der Waals surface area contributed by atoms with Crippen LogP contribution in [0.15, 0.2) is 77.7 Å². The summed E-state index contributed by atoms with van der Waals surface area (Å²) in [6.45, 7) is 0. The maximum Gasteiger partial charge on any atom is 0.169 e. The summed E-state index contributed by atoms with van der Waals surface area (Å²) in [6.07, 6.45) is 4.14. The van der Waals surface area contributed by atoms with E-state index in [4.69, 9.17) is 39.9 Å². The molecule has 180 valence electrons. The van der Waals surface area contributed by atoms with Gasteiger partial charge in [0, 0.05) is 21.0 Å². The monoisotopic (exact) mass is 568 g/mol. The molecular formula is C27H19Cl3N4S2. The first kappa shape index (κ1) is 24.0. The molecular weight excluding hydrogens is 551 g/mol. The number of benzene rings is 3. The Labute approximate surface area is 232 Å². The molecule has 3 aromatic carbocycles. The molecule has 0 radical (unpaired) electrons. The first-order chi connectivity index (χ1) is 17.5. The van der Waals surface area contributed by atoms with E-state index in [1.165, 1.54) is 5.56 Å². The molecule has 2 aromatic heterocycles. The zero-order chi connectivity index (χ0) is 24.9. The fraction of sp³-hybridized carbons (Fsp3) is 0.148. The number of aromatic nitrogens is 4. The highest BCUT2D eigenvalue weighted by Crippen LogP contribution is 2.55. The van der Waals surface area contributed by atoms with Gasteiger partial charge in [0.05, 0.1) is 21.3 Å². The van der Waals surface area contributed by atoms with Crippen LogP contribution < -0.4 is 0 Å². The topological polar surface area (TPSA) is 43.6 Å². The normalized spacial score (nSPS) is 14.2. The Balaban J connectivity index is 1.50. The Morgan fingerprint density at radius 1 is 0.861 bits per heavy atom. The molecule has 0 atom stereocenters. The molecule has 6 rings (SSSR count). The number of hydrogen-bond acceptors (Lipinski definition) is 5. The molecule has 9 heteroatoms. The average molecular weight is 570 g/mol. The van der Waals surface area contributed by atoms with Crippen molar-refractivity contribution in [2.75, 3.05) is 6.26 Å². The van der Waals surface area contributed by atoms with E-state index in [-0.39, 0.29) is 5.41 Å². The summed E-state index contributed by atoms with van der Waals surface area (Å²) in [6, 6.07) is 23.5. The van der Waals surface area contributed by atoms with E-state index in [0.29, 0.717) is 10.0 Å². The van der Waals surface area contributed by atoms with Crippen LogP contribution in [0.5, 0.6) is 0 Å². The Morgan fingerprint density at radius 3 is 2.17 bits per heavy atom. The molecule has 1 aliphatic rings. The van der Waals surface area contributed by atoms with Crippen molar-refractivity contribution in [1.82, 2.24) is 20.0 Å². The van der Waals surface area contributed by atoms with Gasteiger partial charge < -0.3 is 0 Å². The predicted octanol–water partition coefficient (Wildman–Crippen LogP) is 8.82. The van der Waals surface area contributed by atoms with Crippen LogP contribution in [0.2, 0.25) is 15.1 Å². The molecule has 1 aliphatic carbocycles. The van der Waals surface area contributed by atoms with Crippen molar-refractivity contribution < 1.29 is 0 Å². The second-order valence-electron chi connectivity index (χ2n) is 8.60. The Bertz CT molecular complexity index is 1560. The zero-order valence-electron chi connectivity index (χ0n) is 19.1. The average Bonchev–Trinajstić information content (AvgIpc) is 3.38. The Morgan fingerprint density at radius 2 is 1.53 bits per heavy atom. The Kier molecular flexibility index (Phi) is 6.34.